The zero-order valence-corrected chi connectivity index (χ0v) is 10.8. The molecular formula is C14H17NO4. The second-order valence-electron chi connectivity index (χ2n) is 4.57. The Morgan fingerprint density at radius 2 is 2.16 bits per heavy atom. The van der Waals surface area contributed by atoms with Crippen molar-refractivity contribution in [2.45, 2.75) is 25.3 Å². The Labute approximate surface area is 111 Å². The molecule has 1 heterocycles. The molecule has 1 aliphatic rings. The minimum absolute atomic E-state index is 0.158. The number of hydrogen-bond donors (Lipinski definition) is 1. The lowest BCUT2D eigenvalue weighted by Gasteiger charge is -2.21. The van der Waals surface area contributed by atoms with E-state index in [0.29, 0.717) is 18.7 Å². The van der Waals surface area contributed by atoms with E-state index in [-0.39, 0.29) is 12.3 Å². The molecule has 1 fully saturated rings. The monoisotopic (exact) mass is 263 g/mol. The van der Waals surface area contributed by atoms with E-state index in [2.05, 4.69) is 0 Å². The van der Waals surface area contributed by atoms with Gasteiger partial charge in [0.05, 0.1) is 13.5 Å². The molecule has 0 aliphatic carbocycles. The molecule has 1 aromatic carbocycles. The van der Waals surface area contributed by atoms with Crippen molar-refractivity contribution >= 4 is 11.9 Å². The van der Waals surface area contributed by atoms with Crippen molar-refractivity contribution in [1.82, 2.24) is 4.90 Å². The summed E-state index contributed by atoms with van der Waals surface area (Å²) in [6, 6.07) is 6.61. The average molecular weight is 263 g/mol. The lowest BCUT2D eigenvalue weighted by molar-refractivity contribution is -0.148. The maximum absolute atomic E-state index is 12.2. The number of methoxy groups -OCH3 is 1. The molecule has 1 aromatic rings. The van der Waals surface area contributed by atoms with Gasteiger partial charge in [0, 0.05) is 12.1 Å². The molecule has 102 valence electrons. The number of ether oxygens (including phenoxy) is 1. The molecule has 0 aromatic heterocycles. The highest BCUT2D eigenvalue weighted by Crippen LogP contribution is 2.22. The number of para-hydroxylation sites is 1. The maximum Gasteiger partial charge on any atom is 0.326 e. The Bertz CT molecular complexity index is 486. The van der Waals surface area contributed by atoms with Crippen LogP contribution in [-0.2, 0) is 16.0 Å². The Morgan fingerprint density at radius 1 is 1.42 bits per heavy atom. The van der Waals surface area contributed by atoms with Gasteiger partial charge in [0.25, 0.3) is 0 Å². The Morgan fingerprint density at radius 3 is 2.84 bits per heavy atom. The zero-order chi connectivity index (χ0) is 13.8. The maximum atomic E-state index is 12.2. The van der Waals surface area contributed by atoms with Crippen molar-refractivity contribution in [2.75, 3.05) is 13.7 Å². The van der Waals surface area contributed by atoms with Crippen LogP contribution in [0.1, 0.15) is 18.4 Å². The molecule has 1 N–H and O–H groups in total. The molecule has 0 radical (unpaired) electrons. The third-order valence-corrected chi connectivity index (χ3v) is 3.39. The van der Waals surface area contributed by atoms with Crippen molar-refractivity contribution in [2.24, 2.45) is 0 Å². The lowest BCUT2D eigenvalue weighted by Crippen LogP contribution is -2.41. The van der Waals surface area contributed by atoms with Crippen LogP contribution in [0.15, 0.2) is 24.3 Å². The lowest BCUT2D eigenvalue weighted by atomic mass is 10.1. The largest absolute Gasteiger partial charge is 0.496 e. The van der Waals surface area contributed by atoms with Crippen LogP contribution in [0.5, 0.6) is 5.75 Å². The highest BCUT2D eigenvalue weighted by Gasteiger charge is 2.33. The summed E-state index contributed by atoms with van der Waals surface area (Å²) in [4.78, 5) is 24.7. The minimum atomic E-state index is -0.925. The second-order valence-corrected chi connectivity index (χ2v) is 4.57. The van der Waals surface area contributed by atoms with Gasteiger partial charge in [-0.3, -0.25) is 4.79 Å². The van der Waals surface area contributed by atoms with E-state index in [1.165, 1.54) is 4.90 Å². The standard InChI is InChI=1S/C14H17NO4/c1-19-12-7-3-2-5-10(12)9-13(16)15-8-4-6-11(15)14(17)18/h2-3,5,7,11H,4,6,8-9H2,1H3,(H,17,18)/t11-/m1/s1. The van der Waals surface area contributed by atoms with Crippen LogP contribution in [0.4, 0.5) is 0 Å². The molecule has 0 saturated carbocycles. The van der Waals surface area contributed by atoms with Crippen LogP contribution >= 0.6 is 0 Å². The Kier molecular flexibility index (Phi) is 4.04. The highest BCUT2D eigenvalue weighted by atomic mass is 16.5. The van der Waals surface area contributed by atoms with E-state index in [1.54, 1.807) is 13.2 Å². The average Bonchev–Trinajstić information content (AvgIpc) is 2.88. The Hall–Kier alpha value is -2.04. The quantitative estimate of drug-likeness (QED) is 0.889. The van der Waals surface area contributed by atoms with Crippen LogP contribution in [-0.4, -0.2) is 41.6 Å². The first-order chi connectivity index (χ1) is 9.13. The van der Waals surface area contributed by atoms with Crippen molar-refractivity contribution in [3.63, 3.8) is 0 Å². The molecule has 0 bridgehead atoms. The summed E-state index contributed by atoms with van der Waals surface area (Å²) < 4.78 is 5.20. The van der Waals surface area contributed by atoms with Crippen molar-refractivity contribution in [3.05, 3.63) is 29.8 Å². The van der Waals surface area contributed by atoms with E-state index in [0.717, 1.165) is 12.0 Å². The van der Waals surface area contributed by atoms with Gasteiger partial charge in [-0.05, 0) is 18.9 Å². The van der Waals surface area contributed by atoms with Gasteiger partial charge >= 0.3 is 5.97 Å². The van der Waals surface area contributed by atoms with Gasteiger partial charge in [0.15, 0.2) is 0 Å². The normalized spacial score (nSPS) is 18.4. The number of carbonyl (C=O) groups excluding carboxylic acids is 1. The number of carboxylic acid groups (broad SMARTS) is 1. The van der Waals surface area contributed by atoms with Gasteiger partial charge in [-0.25, -0.2) is 4.79 Å². The molecular weight excluding hydrogens is 246 g/mol. The fourth-order valence-electron chi connectivity index (χ4n) is 2.44. The first kappa shape index (κ1) is 13.4. The summed E-state index contributed by atoms with van der Waals surface area (Å²) >= 11 is 0. The molecule has 1 saturated heterocycles. The van der Waals surface area contributed by atoms with E-state index in [9.17, 15) is 9.59 Å². The number of carbonyl (C=O) groups is 2. The van der Waals surface area contributed by atoms with E-state index >= 15 is 0 Å². The van der Waals surface area contributed by atoms with E-state index in [4.69, 9.17) is 9.84 Å². The Balaban J connectivity index is 2.10. The number of carboxylic acids is 1. The smallest absolute Gasteiger partial charge is 0.326 e. The molecule has 19 heavy (non-hydrogen) atoms. The highest BCUT2D eigenvalue weighted by molar-refractivity contribution is 5.85. The molecule has 5 nitrogen and oxygen atoms in total. The van der Waals surface area contributed by atoms with Crippen LogP contribution in [0.25, 0.3) is 0 Å². The van der Waals surface area contributed by atoms with Crippen molar-refractivity contribution in [3.8, 4) is 5.75 Å². The van der Waals surface area contributed by atoms with E-state index < -0.39 is 12.0 Å². The summed E-state index contributed by atoms with van der Waals surface area (Å²) in [5, 5.41) is 9.08. The fourth-order valence-corrected chi connectivity index (χ4v) is 2.44. The third-order valence-electron chi connectivity index (χ3n) is 3.39. The molecule has 0 unspecified atom stereocenters. The SMILES string of the molecule is COc1ccccc1CC(=O)N1CCC[C@@H]1C(=O)O. The molecule has 2 rings (SSSR count). The molecule has 1 atom stereocenters. The molecule has 1 aliphatic heterocycles. The third kappa shape index (κ3) is 2.86. The van der Waals surface area contributed by atoms with Crippen molar-refractivity contribution in [1.29, 1.82) is 0 Å². The van der Waals surface area contributed by atoms with Gasteiger partial charge < -0.3 is 14.7 Å². The second kappa shape index (κ2) is 5.73. The van der Waals surface area contributed by atoms with Crippen LogP contribution in [0.3, 0.4) is 0 Å². The van der Waals surface area contributed by atoms with Crippen LogP contribution in [0, 0.1) is 0 Å². The number of amides is 1. The van der Waals surface area contributed by atoms with Gasteiger partial charge in [-0.15, -0.1) is 0 Å². The van der Waals surface area contributed by atoms with Gasteiger partial charge in [-0.2, -0.15) is 0 Å². The van der Waals surface area contributed by atoms with Gasteiger partial charge in [0.2, 0.25) is 5.91 Å². The topological polar surface area (TPSA) is 66.8 Å². The van der Waals surface area contributed by atoms with Gasteiger partial charge in [-0.1, -0.05) is 18.2 Å². The van der Waals surface area contributed by atoms with Gasteiger partial charge in [0.1, 0.15) is 11.8 Å². The summed E-state index contributed by atoms with van der Waals surface area (Å²) in [6.45, 7) is 0.519. The summed E-state index contributed by atoms with van der Waals surface area (Å²) in [5.41, 5.74) is 0.783. The molecule has 0 spiro atoms. The van der Waals surface area contributed by atoms with Crippen molar-refractivity contribution < 1.29 is 19.4 Å². The first-order valence-corrected chi connectivity index (χ1v) is 6.27. The predicted octanol–water partition coefficient (Wildman–Crippen LogP) is 1.31. The van der Waals surface area contributed by atoms with Crippen LogP contribution in [0.2, 0.25) is 0 Å². The fraction of sp³-hybridized carbons (Fsp3) is 0.429. The van der Waals surface area contributed by atoms with Crippen LogP contribution < -0.4 is 4.74 Å². The molecule has 5 heteroatoms. The minimum Gasteiger partial charge on any atom is -0.496 e. The summed E-state index contributed by atoms with van der Waals surface area (Å²) in [6.07, 6.45) is 1.45. The predicted molar refractivity (Wildman–Crippen MR) is 69.1 cm³/mol. The first-order valence-electron chi connectivity index (χ1n) is 6.27. The zero-order valence-electron chi connectivity index (χ0n) is 10.8. The van der Waals surface area contributed by atoms with E-state index in [1.807, 2.05) is 18.2 Å². The number of nitrogens with zero attached hydrogens (tertiary/aromatic N) is 1. The number of aliphatic carboxylic acids is 1. The number of benzene rings is 1. The number of likely N-dealkylation sites (tertiary alicyclic amines) is 1. The number of rotatable bonds is 4. The summed E-state index contributed by atoms with van der Waals surface area (Å²) in [5.74, 6) is -0.429. The summed E-state index contributed by atoms with van der Waals surface area (Å²) in [7, 11) is 1.55. The molecule has 1 amide bonds. The number of hydrogen-bond acceptors (Lipinski definition) is 3.